The van der Waals surface area contributed by atoms with Crippen molar-refractivity contribution in [2.75, 3.05) is 0 Å². The van der Waals surface area contributed by atoms with Crippen molar-refractivity contribution in [3.63, 3.8) is 0 Å². The zero-order valence-corrected chi connectivity index (χ0v) is 6.91. The van der Waals surface area contributed by atoms with E-state index in [9.17, 15) is 0 Å². The van der Waals surface area contributed by atoms with Gasteiger partial charge in [0.15, 0.2) is 0 Å². The van der Waals surface area contributed by atoms with Gasteiger partial charge in [0.25, 0.3) is 0 Å². The molecule has 5 heteroatoms. The number of aromatic nitrogens is 2. The highest BCUT2D eigenvalue weighted by molar-refractivity contribution is 9.10. The maximum absolute atomic E-state index is 8.12. The van der Waals surface area contributed by atoms with Crippen molar-refractivity contribution in [2.45, 2.75) is 0 Å². The Morgan fingerprint density at radius 3 is 3.00 bits per heavy atom. The van der Waals surface area contributed by atoms with E-state index in [1.165, 1.54) is 6.21 Å². The van der Waals surface area contributed by atoms with E-state index in [1.807, 2.05) is 0 Å². The molecule has 0 aliphatic carbocycles. The quantitative estimate of drug-likeness (QED) is 0.421. The molecule has 0 aromatic carbocycles. The number of oxime groups is 1. The van der Waals surface area contributed by atoms with Gasteiger partial charge in [0.1, 0.15) is 10.3 Å². The van der Waals surface area contributed by atoms with Gasteiger partial charge in [-0.1, -0.05) is 5.16 Å². The summed E-state index contributed by atoms with van der Waals surface area (Å²) in [7, 11) is 1.79. The fourth-order valence-electron chi connectivity index (χ4n) is 0.588. The highest BCUT2D eigenvalue weighted by atomic mass is 79.9. The molecule has 54 valence electrons. The molecule has 1 N–H and O–H groups in total. The van der Waals surface area contributed by atoms with E-state index in [0.29, 0.717) is 5.69 Å². The van der Waals surface area contributed by atoms with E-state index in [4.69, 9.17) is 5.21 Å². The van der Waals surface area contributed by atoms with Gasteiger partial charge < -0.3 is 5.21 Å². The van der Waals surface area contributed by atoms with E-state index in [-0.39, 0.29) is 0 Å². The highest BCUT2D eigenvalue weighted by Crippen LogP contribution is 2.08. The molecule has 0 saturated carbocycles. The van der Waals surface area contributed by atoms with Crippen molar-refractivity contribution in [2.24, 2.45) is 12.2 Å². The van der Waals surface area contributed by atoms with Crippen molar-refractivity contribution in [1.29, 1.82) is 0 Å². The van der Waals surface area contributed by atoms with Gasteiger partial charge in [0, 0.05) is 7.05 Å². The first-order valence-electron chi connectivity index (χ1n) is 2.61. The minimum absolute atomic E-state index is 0.622. The second-order valence-corrected chi connectivity index (χ2v) is 2.57. The van der Waals surface area contributed by atoms with E-state index < -0.39 is 0 Å². The second kappa shape index (κ2) is 2.83. The lowest BCUT2D eigenvalue weighted by molar-refractivity contribution is 0.321. The molecule has 1 heterocycles. The third kappa shape index (κ3) is 1.36. The minimum atomic E-state index is 0.622. The number of rotatable bonds is 1. The third-order valence-corrected chi connectivity index (χ3v) is 1.77. The molecule has 0 atom stereocenters. The summed E-state index contributed by atoms with van der Waals surface area (Å²) in [5, 5.41) is 14.9. The van der Waals surface area contributed by atoms with Crippen molar-refractivity contribution in [3.8, 4) is 0 Å². The topological polar surface area (TPSA) is 50.4 Å². The first-order chi connectivity index (χ1) is 4.74. The second-order valence-electron chi connectivity index (χ2n) is 1.76. The van der Waals surface area contributed by atoms with Crippen LogP contribution < -0.4 is 0 Å². The predicted molar refractivity (Wildman–Crippen MR) is 40.3 cm³/mol. The molecule has 0 radical (unpaired) electrons. The van der Waals surface area contributed by atoms with Gasteiger partial charge in [0.2, 0.25) is 0 Å². The van der Waals surface area contributed by atoms with E-state index >= 15 is 0 Å². The van der Waals surface area contributed by atoms with Crippen LogP contribution in [-0.4, -0.2) is 21.2 Å². The van der Waals surface area contributed by atoms with Crippen LogP contribution in [0.1, 0.15) is 5.69 Å². The summed E-state index contributed by atoms with van der Waals surface area (Å²) in [5.74, 6) is 0. The molecule has 1 rings (SSSR count). The maximum Gasteiger partial charge on any atom is 0.108 e. The molecular formula is C5H6BrN3O. The normalized spacial score (nSPS) is 11.0. The van der Waals surface area contributed by atoms with Crippen LogP contribution in [0.3, 0.4) is 0 Å². The average molecular weight is 204 g/mol. The fourth-order valence-corrected chi connectivity index (χ4v) is 0.901. The monoisotopic (exact) mass is 203 g/mol. The lowest BCUT2D eigenvalue weighted by Gasteiger charge is -1.85. The smallest absolute Gasteiger partial charge is 0.108 e. The average Bonchev–Trinajstić information content (AvgIpc) is 2.14. The Hall–Kier alpha value is -0.840. The minimum Gasteiger partial charge on any atom is -0.411 e. The molecule has 4 nitrogen and oxygen atoms in total. The zero-order valence-electron chi connectivity index (χ0n) is 5.32. The number of halogens is 1. The molecule has 0 bridgehead atoms. The number of nitrogens with zero attached hydrogens (tertiary/aromatic N) is 3. The van der Waals surface area contributed by atoms with Crippen molar-refractivity contribution in [3.05, 3.63) is 16.4 Å². The molecule has 0 saturated heterocycles. The van der Waals surface area contributed by atoms with Crippen molar-refractivity contribution >= 4 is 22.1 Å². The summed E-state index contributed by atoms with van der Waals surface area (Å²) in [5.41, 5.74) is 0.622. The summed E-state index contributed by atoms with van der Waals surface area (Å²) >= 11 is 3.24. The molecular weight excluding hydrogens is 198 g/mol. The van der Waals surface area contributed by atoms with Crippen LogP contribution in [0.25, 0.3) is 0 Å². The van der Waals surface area contributed by atoms with Crippen molar-refractivity contribution < 1.29 is 5.21 Å². The Kier molecular flexibility index (Phi) is 2.06. The molecule has 1 aromatic rings. The first-order valence-corrected chi connectivity index (χ1v) is 3.40. The number of hydrogen-bond acceptors (Lipinski definition) is 3. The van der Waals surface area contributed by atoms with E-state index in [0.717, 1.165) is 4.60 Å². The maximum atomic E-state index is 8.12. The first kappa shape index (κ1) is 7.27. The summed E-state index contributed by atoms with van der Waals surface area (Å²) < 4.78 is 2.49. The molecule has 0 aliphatic rings. The fraction of sp³-hybridized carbons (Fsp3) is 0.200. The van der Waals surface area contributed by atoms with Crippen LogP contribution >= 0.6 is 15.9 Å². The Bertz CT molecular complexity index is 236. The number of aryl methyl sites for hydroxylation is 1. The van der Waals surface area contributed by atoms with Crippen LogP contribution in [0.15, 0.2) is 15.8 Å². The largest absolute Gasteiger partial charge is 0.411 e. The van der Waals surface area contributed by atoms with Gasteiger partial charge in [-0.05, 0) is 22.0 Å². The lowest BCUT2D eigenvalue weighted by atomic mass is 10.5. The van der Waals surface area contributed by atoms with E-state index in [1.54, 1.807) is 17.8 Å². The van der Waals surface area contributed by atoms with Crippen LogP contribution in [0, 0.1) is 0 Å². The van der Waals surface area contributed by atoms with Crippen LogP contribution in [-0.2, 0) is 7.05 Å². The Morgan fingerprint density at radius 1 is 1.90 bits per heavy atom. The van der Waals surface area contributed by atoms with Gasteiger partial charge in [-0.25, -0.2) is 0 Å². The van der Waals surface area contributed by atoms with Gasteiger partial charge in [-0.2, -0.15) is 5.10 Å². The summed E-state index contributed by atoms with van der Waals surface area (Å²) in [6.07, 6.45) is 1.27. The Morgan fingerprint density at radius 2 is 2.60 bits per heavy atom. The van der Waals surface area contributed by atoms with Crippen LogP contribution in [0.5, 0.6) is 0 Å². The standard InChI is InChI=1S/C5H6BrN3O/c1-9-5(6)2-4(8-9)3-7-10/h2-3,10H,1H3. The molecule has 0 unspecified atom stereocenters. The summed E-state index contributed by atoms with van der Waals surface area (Å²) in [4.78, 5) is 0. The SMILES string of the molecule is Cn1nc(C=NO)cc1Br. The molecule has 0 amide bonds. The molecule has 0 spiro atoms. The van der Waals surface area contributed by atoms with Crippen LogP contribution in [0.4, 0.5) is 0 Å². The number of hydrogen-bond donors (Lipinski definition) is 1. The lowest BCUT2D eigenvalue weighted by Crippen LogP contribution is -1.91. The molecule has 10 heavy (non-hydrogen) atoms. The van der Waals surface area contributed by atoms with Gasteiger partial charge in [0.05, 0.1) is 6.21 Å². The Labute approximate surface area is 66.3 Å². The third-order valence-electron chi connectivity index (χ3n) is 1.03. The molecule has 0 fully saturated rings. The summed E-state index contributed by atoms with van der Waals surface area (Å²) in [6, 6.07) is 1.75. The highest BCUT2D eigenvalue weighted by Gasteiger charge is 1.97. The van der Waals surface area contributed by atoms with E-state index in [2.05, 4.69) is 26.2 Å². The summed E-state index contributed by atoms with van der Waals surface area (Å²) in [6.45, 7) is 0. The zero-order chi connectivity index (χ0) is 7.56. The van der Waals surface area contributed by atoms with Gasteiger partial charge in [-0.15, -0.1) is 0 Å². The van der Waals surface area contributed by atoms with Gasteiger partial charge >= 0.3 is 0 Å². The predicted octanol–water partition coefficient (Wildman–Crippen LogP) is 0.991. The Balaban J connectivity index is 2.98. The molecule has 0 aliphatic heterocycles. The van der Waals surface area contributed by atoms with Gasteiger partial charge in [-0.3, -0.25) is 4.68 Å². The molecule has 1 aromatic heterocycles. The van der Waals surface area contributed by atoms with Crippen LogP contribution in [0.2, 0.25) is 0 Å². The van der Waals surface area contributed by atoms with Crippen molar-refractivity contribution in [1.82, 2.24) is 9.78 Å².